The Morgan fingerprint density at radius 3 is 2.60 bits per heavy atom. The van der Waals surface area contributed by atoms with Gasteiger partial charge in [0.1, 0.15) is 6.10 Å². The summed E-state index contributed by atoms with van der Waals surface area (Å²) in [4.78, 5) is 0. The van der Waals surface area contributed by atoms with E-state index in [0.29, 0.717) is 6.42 Å². The SMILES string of the molecule is CC(C)OC12OC(C)C(C)(O)CC1C2O. The van der Waals surface area contributed by atoms with Crippen molar-refractivity contribution in [2.24, 2.45) is 5.92 Å². The van der Waals surface area contributed by atoms with Crippen LogP contribution in [0.15, 0.2) is 0 Å². The van der Waals surface area contributed by atoms with Crippen molar-refractivity contribution in [1.29, 1.82) is 0 Å². The number of aliphatic hydroxyl groups is 2. The molecule has 4 nitrogen and oxygen atoms in total. The summed E-state index contributed by atoms with van der Waals surface area (Å²) in [6, 6.07) is 0. The molecule has 1 saturated carbocycles. The number of rotatable bonds is 2. The second-order valence-electron chi connectivity index (χ2n) is 5.26. The highest BCUT2D eigenvalue weighted by molar-refractivity contribution is 5.15. The molecule has 2 N–H and O–H groups in total. The van der Waals surface area contributed by atoms with Crippen LogP contribution in [0.4, 0.5) is 0 Å². The van der Waals surface area contributed by atoms with Gasteiger partial charge >= 0.3 is 0 Å². The van der Waals surface area contributed by atoms with E-state index in [-0.39, 0.29) is 18.1 Å². The first-order chi connectivity index (χ1) is 6.79. The Hall–Kier alpha value is -0.160. The van der Waals surface area contributed by atoms with Crippen LogP contribution < -0.4 is 0 Å². The second-order valence-corrected chi connectivity index (χ2v) is 5.26. The lowest BCUT2D eigenvalue weighted by molar-refractivity contribution is -0.277. The zero-order chi connectivity index (χ0) is 11.4. The van der Waals surface area contributed by atoms with E-state index in [1.807, 2.05) is 20.8 Å². The molecule has 0 bridgehead atoms. The van der Waals surface area contributed by atoms with Crippen molar-refractivity contribution in [2.75, 3.05) is 0 Å². The predicted molar refractivity (Wildman–Crippen MR) is 54.2 cm³/mol. The molecule has 2 rings (SSSR count). The van der Waals surface area contributed by atoms with Crippen LogP contribution in [0.1, 0.15) is 34.1 Å². The molecule has 5 atom stereocenters. The van der Waals surface area contributed by atoms with Gasteiger partial charge in [0.2, 0.25) is 5.79 Å². The minimum absolute atomic E-state index is 0.0138. The summed E-state index contributed by atoms with van der Waals surface area (Å²) in [5.41, 5.74) is -0.869. The molecule has 15 heavy (non-hydrogen) atoms. The fourth-order valence-corrected chi connectivity index (χ4v) is 2.37. The van der Waals surface area contributed by atoms with Gasteiger partial charge in [-0.05, 0) is 34.1 Å². The zero-order valence-corrected chi connectivity index (χ0v) is 9.73. The molecule has 0 radical (unpaired) electrons. The van der Waals surface area contributed by atoms with Crippen molar-refractivity contribution < 1.29 is 19.7 Å². The number of aliphatic hydroxyl groups excluding tert-OH is 1. The molecule has 0 spiro atoms. The van der Waals surface area contributed by atoms with E-state index in [4.69, 9.17) is 9.47 Å². The van der Waals surface area contributed by atoms with E-state index < -0.39 is 17.5 Å². The third kappa shape index (κ3) is 1.60. The van der Waals surface area contributed by atoms with Crippen LogP contribution >= 0.6 is 0 Å². The van der Waals surface area contributed by atoms with Crippen LogP contribution in [0.2, 0.25) is 0 Å². The van der Waals surface area contributed by atoms with Gasteiger partial charge < -0.3 is 19.7 Å². The van der Waals surface area contributed by atoms with Crippen LogP contribution in [0.5, 0.6) is 0 Å². The van der Waals surface area contributed by atoms with Gasteiger partial charge in [0.05, 0.1) is 17.8 Å². The molecular weight excluding hydrogens is 196 g/mol. The molecule has 0 amide bonds. The summed E-state index contributed by atoms with van der Waals surface area (Å²) in [7, 11) is 0. The Kier molecular flexibility index (Phi) is 2.39. The molecule has 0 aromatic carbocycles. The smallest absolute Gasteiger partial charge is 0.201 e. The van der Waals surface area contributed by atoms with E-state index in [1.54, 1.807) is 6.92 Å². The van der Waals surface area contributed by atoms with Crippen molar-refractivity contribution in [1.82, 2.24) is 0 Å². The maximum Gasteiger partial charge on any atom is 0.201 e. The number of ether oxygens (including phenoxy) is 2. The lowest BCUT2D eigenvalue weighted by atomic mass is 9.91. The highest BCUT2D eigenvalue weighted by Gasteiger charge is 2.73. The Bertz CT molecular complexity index is 263. The Morgan fingerprint density at radius 1 is 1.47 bits per heavy atom. The van der Waals surface area contributed by atoms with Gasteiger partial charge in [0.15, 0.2) is 0 Å². The monoisotopic (exact) mass is 216 g/mol. The van der Waals surface area contributed by atoms with Crippen LogP contribution in [0.25, 0.3) is 0 Å². The molecule has 1 saturated heterocycles. The molecule has 4 heteroatoms. The second kappa shape index (κ2) is 3.17. The molecule has 88 valence electrons. The van der Waals surface area contributed by atoms with E-state index in [9.17, 15) is 10.2 Å². The topological polar surface area (TPSA) is 58.9 Å². The average Bonchev–Trinajstić information content (AvgIpc) is 2.56. The molecule has 2 fully saturated rings. The van der Waals surface area contributed by atoms with Gasteiger partial charge in [-0.1, -0.05) is 0 Å². The highest BCUT2D eigenvalue weighted by atomic mass is 16.7. The quantitative estimate of drug-likeness (QED) is 0.712. The van der Waals surface area contributed by atoms with Gasteiger partial charge in [-0.25, -0.2) is 0 Å². The summed E-state index contributed by atoms with van der Waals surface area (Å²) in [6.45, 7) is 7.38. The molecule has 2 aliphatic rings. The molecule has 1 aliphatic carbocycles. The maximum absolute atomic E-state index is 10.0. The molecule has 5 unspecified atom stereocenters. The molecule has 0 aromatic rings. The van der Waals surface area contributed by atoms with Gasteiger partial charge in [0.25, 0.3) is 0 Å². The highest BCUT2D eigenvalue weighted by Crippen LogP contribution is 2.57. The van der Waals surface area contributed by atoms with Crippen LogP contribution in [-0.2, 0) is 9.47 Å². The third-order valence-corrected chi connectivity index (χ3v) is 3.49. The van der Waals surface area contributed by atoms with E-state index in [1.165, 1.54) is 0 Å². The number of hydrogen-bond donors (Lipinski definition) is 2. The van der Waals surface area contributed by atoms with Crippen LogP contribution in [-0.4, -0.2) is 39.9 Å². The number of fused-ring (bicyclic) bond motifs is 1. The van der Waals surface area contributed by atoms with Crippen molar-refractivity contribution in [3.63, 3.8) is 0 Å². The summed E-state index contributed by atoms with van der Waals surface area (Å²) in [5, 5.41) is 19.8. The fraction of sp³-hybridized carbons (Fsp3) is 1.00. The predicted octanol–water partition coefficient (Wildman–Crippen LogP) is 0.658. The fourth-order valence-electron chi connectivity index (χ4n) is 2.37. The van der Waals surface area contributed by atoms with E-state index in [0.717, 1.165) is 0 Å². The Morgan fingerprint density at radius 2 is 2.07 bits per heavy atom. The molecule has 0 aromatic heterocycles. The van der Waals surface area contributed by atoms with Crippen molar-refractivity contribution in [2.45, 2.75) is 63.8 Å². The Balaban J connectivity index is 2.12. The van der Waals surface area contributed by atoms with Crippen molar-refractivity contribution in [3.05, 3.63) is 0 Å². The maximum atomic E-state index is 10.0. The van der Waals surface area contributed by atoms with Crippen LogP contribution in [0, 0.1) is 5.92 Å². The molecular formula is C11H20O4. The minimum Gasteiger partial charge on any atom is -0.387 e. The summed E-state index contributed by atoms with van der Waals surface area (Å²) in [5.74, 6) is -0.943. The third-order valence-electron chi connectivity index (χ3n) is 3.49. The first-order valence-electron chi connectivity index (χ1n) is 5.55. The lowest BCUT2D eigenvalue weighted by Gasteiger charge is -2.38. The van der Waals surface area contributed by atoms with Gasteiger partial charge in [0, 0.05) is 5.92 Å². The normalized spacial score (nSPS) is 54.2. The average molecular weight is 216 g/mol. The van der Waals surface area contributed by atoms with Gasteiger partial charge in [-0.2, -0.15) is 0 Å². The number of hydrogen-bond acceptors (Lipinski definition) is 4. The van der Waals surface area contributed by atoms with E-state index in [2.05, 4.69) is 0 Å². The zero-order valence-electron chi connectivity index (χ0n) is 9.73. The summed E-state index contributed by atoms with van der Waals surface area (Å²) in [6.07, 6.45) is -0.372. The lowest BCUT2D eigenvalue weighted by Crippen LogP contribution is -2.48. The summed E-state index contributed by atoms with van der Waals surface area (Å²) < 4.78 is 11.3. The van der Waals surface area contributed by atoms with Crippen LogP contribution in [0.3, 0.4) is 0 Å². The largest absolute Gasteiger partial charge is 0.387 e. The molecule has 1 heterocycles. The van der Waals surface area contributed by atoms with E-state index >= 15 is 0 Å². The summed E-state index contributed by atoms with van der Waals surface area (Å²) >= 11 is 0. The van der Waals surface area contributed by atoms with Gasteiger partial charge in [-0.3, -0.25) is 0 Å². The van der Waals surface area contributed by atoms with Crippen molar-refractivity contribution >= 4 is 0 Å². The van der Waals surface area contributed by atoms with Gasteiger partial charge in [-0.15, -0.1) is 0 Å². The first kappa shape index (κ1) is 11.3. The standard InChI is InChI=1S/C11H20O4/c1-6(2)14-11-8(9(11)12)5-10(4,13)7(3)15-11/h6-9,12-13H,5H2,1-4H3. The Labute approximate surface area is 90.2 Å². The van der Waals surface area contributed by atoms with Crippen molar-refractivity contribution in [3.8, 4) is 0 Å². The first-order valence-corrected chi connectivity index (χ1v) is 5.55. The molecule has 1 aliphatic heterocycles. The minimum atomic E-state index is -0.869.